The van der Waals surface area contributed by atoms with Gasteiger partial charge in [-0.3, -0.25) is 9.59 Å². The smallest absolute Gasteiger partial charge is 0.252 e. The van der Waals surface area contributed by atoms with Crippen LogP contribution in [0.4, 0.5) is 5.69 Å². The second-order valence-electron chi connectivity index (χ2n) is 6.34. The zero-order valence-electron chi connectivity index (χ0n) is 14.1. The van der Waals surface area contributed by atoms with E-state index in [1.807, 2.05) is 46.0 Å². The molecule has 3 N–H and O–H groups in total. The van der Waals surface area contributed by atoms with E-state index in [4.69, 9.17) is 5.73 Å². The topological polar surface area (TPSA) is 75.4 Å². The van der Waals surface area contributed by atoms with Crippen molar-refractivity contribution in [1.29, 1.82) is 0 Å². The van der Waals surface area contributed by atoms with Gasteiger partial charge in [0.15, 0.2) is 0 Å². The number of nitrogens with one attached hydrogen (secondary N) is 1. The number of carbonyl (C=O) groups excluding carboxylic acids is 2. The molecular weight excluding hydrogens is 334 g/mol. The van der Waals surface area contributed by atoms with Gasteiger partial charge < -0.3 is 16.0 Å². The van der Waals surface area contributed by atoms with Crippen LogP contribution in [-0.4, -0.2) is 35.8 Å². The van der Waals surface area contributed by atoms with Crippen molar-refractivity contribution in [2.45, 2.75) is 31.7 Å². The quantitative estimate of drug-likeness (QED) is 0.808. The average Bonchev–Trinajstić information content (AvgIpc) is 3.16. The van der Waals surface area contributed by atoms with Crippen LogP contribution in [0.25, 0.3) is 0 Å². The lowest BCUT2D eigenvalue weighted by Crippen LogP contribution is -2.46. The molecule has 1 aliphatic heterocycles. The molecule has 0 radical (unpaired) electrons. The van der Waals surface area contributed by atoms with Gasteiger partial charge in [-0.05, 0) is 42.3 Å². The Labute approximate surface area is 151 Å². The largest absolute Gasteiger partial charge is 0.399 e. The van der Waals surface area contributed by atoms with E-state index in [1.54, 1.807) is 0 Å². The van der Waals surface area contributed by atoms with Crippen LogP contribution in [0.3, 0.4) is 0 Å². The molecule has 1 fully saturated rings. The number of likely N-dealkylation sites (tertiary alicyclic amines) is 1. The van der Waals surface area contributed by atoms with Gasteiger partial charge in [0, 0.05) is 42.2 Å². The molecule has 0 saturated carbocycles. The maximum absolute atomic E-state index is 12.4. The van der Waals surface area contributed by atoms with Gasteiger partial charge in [-0.1, -0.05) is 18.2 Å². The molecule has 0 aliphatic carbocycles. The number of benzene rings is 1. The number of carbonyl (C=O) groups is 2. The van der Waals surface area contributed by atoms with Crippen LogP contribution in [0.5, 0.6) is 0 Å². The summed E-state index contributed by atoms with van der Waals surface area (Å²) in [5.41, 5.74) is 8.40. The lowest BCUT2D eigenvalue weighted by Gasteiger charge is -2.32. The summed E-state index contributed by atoms with van der Waals surface area (Å²) < 4.78 is 0. The number of para-hydroxylation sites is 1. The van der Waals surface area contributed by atoms with E-state index in [9.17, 15) is 9.59 Å². The molecule has 2 amide bonds. The normalized spacial score (nSPS) is 15.1. The van der Waals surface area contributed by atoms with Crippen molar-refractivity contribution in [3.8, 4) is 0 Å². The van der Waals surface area contributed by atoms with Gasteiger partial charge >= 0.3 is 0 Å². The number of nitrogens with zero attached hydrogens (tertiary/aromatic N) is 1. The van der Waals surface area contributed by atoms with Crippen LogP contribution in [-0.2, 0) is 11.2 Å². The zero-order valence-corrected chi connectivity index (χ0v) is 14.9. The van der Waals surface area contributed by atoms with Gasteiger partial charge in [-0.15, -0.1) is 0 Å². The number of thiophene rings is 1. The number of anilines is 1. The number of hydrogen-bond acceptors (Lipinski definition) is 4. The number of amides is 2. The lowest BCUT2D eigenvalue weighted by molar-refractivity contribution is -0.132. The van der Waals surface area contributed by atoms with Gasteiger partial charge in [0.2, 0.25) is 5.91 Å². The van der Waals surface area contributed by atoms with E-state index in [0.717, 1.165) is 24.1 Å². The highest BCUT2D eigenvalue weighted by Gasteiger charge is 2.24. The monoisotopic (exact) mass is 357 g/mol. The third-order valence-corrected chi connectivity index (χ3v) is 5.31. The molecular formula is C19H23N3O2S. The van der Waals surface area contributed by atoms with Crippen LogP contribution in [0.15, 0.2) is 41.1 Å². The Hall–Kier alpha value is -2.34. The summed E-state index contributed by atoms with van der Waals surface area (Å²) in [6, 6.07) is 9.64. The standard InChI is InChI=1S/C19H23N3O2S/c20-17-4-2-1-3-14(17)5-6-18(23)22-10-7-16(8-11-22)21-19(24)15-9-12-25-13-15/h1-4,9,12-13,16H,5-8,10-11,20H2,(H,21,24). The molecule has 0 spiro atoms. The molecule has 0 bridgehead atoms. The Morgan fingerprint density at radius 1 is 1.20 bits per heavy atom. The molecule has 0 unspecified atom stereocenters. The molecule has 6 heteroatoms. The first-order valence-corrected chi connectivity index (χ1v) is 9.52. The number of hydrogen-bond donors (Lipinski definition) is 2. The molecule has 1 saturated heterocycles. The van der Waals surface area contributed by atoms with E-state index in [1.165, 1.54) is 11.3 Å². The minimum atomic E-state index is -0.0226. The highest BCUT2D eigenvalue weighted by molar-refractivity contribution is 7.08. The molecule has 1 aromatic carbocycles. The van der Waals surface area contributed by atoms with E-state index in [0.29, 0.717) is 31.5 Å². The van der Waals surface area contributed by atoms with E-state index < -0.39 is 0 Å². The molecule has 25 heavy (non-hydrogen) atoms. The Kier molecular flexibility index (Phi) is 5.71. The van der Waals surface area contributed by atoms with Crippen LogP contribution >= 0.6 is 11.3 Å². The molecule has 0 atom stereocenters. The average molecular weight is 357 g/mol. The van der Waals surface area contributed by atoms with E-state index in [2.05, 4.69) is 5.32 Å². The van der Waals surface area contributed by atoms with Crippen molar-refractivity contribution < 1.29 is 9.59 Å². The summed E-state index contributed by atoms with van der Waals surface area (Å²) in [6.45, 7) is 1.38. The number of piperidine rings is 1. The fourth-order valence-corrected chi connectivity index (χ4v) is 3.73. The summed E-state index contributed by atoms with van der Waals surface area (Å²) in [7, 11) is 0. The van der Waals surface area contributed by atoms with Crippen molar-refractivity contribution in [3.63, 3.8) is 0 Å². The Morgan fingerprint density at radius 3 is 2.64 bits per heavy atom. The summed E-state index contributed by atoms with van der Waals surface area (Å²) >= 11 is 1.52. The fraction of sp³-hybridized carbons (Fsp3) is 0.368. The number of rotatable bonds is 5. The van der Waals surface area contributed by atoms with E-state index in [-0.39, 0.29) is 17.9 Å². The van der Waals surface area contributed by atoms with Crippen molar-refractivity contribution >= 4 is 28.8 Å². The molecule has 1 aliphatic rings. The first kappa shape index (κ1) is 17.5. The summed E-state index contributed by atoms with van der Waals surface area (Å²) in [5.74, 6) is 0.136. The van der Waals surface area contributed by atoms with Crippen molar-refractivity contribution in [3.05, 3.63) is 52.2 Å². The van der Waals surface area contributed by atoms with Gasteiger partial charge in [-0.2, -0.15) is 11.3 Å². The predicted molar refractivity (Wildman–Crippen MR) is 101 cm³/mol. The van der Waals surface area contributed by atoms with Gasteiger partial charge in [0.05, 0.1) is 0 Å². The van der Waals surface area contributed by atoms with Crippen LogP contribution < -0.4 is 11.1 Å². The third kappa shape index (κ3) is 4.60. The van der Waals surface area contributed by atoms with Crippen LogP contribution in [0.1, 0.15) is 35.2 Å². The van der Waals surface area contributed by atoms with Crippen LogP contribution in [0, 0.1) is 0 Å². The first-order valence-electron chi connectivity index (χ1n) is 8.57. The molecule has 132 valence electrons. The van der Waals surface area contributed by atoms with Gasteiger partial charge in [0.1, 0.15) is 0 Å². The summed E-state index contributed by atoms with van der Waals surface area (Å²) in [5, 5.41) is 6.81. The highest BCUT2D eigenvalue weighted by Crippen LogP contribution is 2.16. The SMILES string of the molecule is Nc1ccccc1CCC(=O)N1CCC(NC(=O)c2ccsc2)CC1. The molecule has 2 aromatic rings. The molecule has 3 rings (SSSR count). The van der Waals surface area contributed by atoms with Crippen molar-refractivity contribution in [1.82, 2.24) is 10.2 Å². The first-order chi connectivity index (χ1) is 12.1. The predicted octanol–water partition coefficient (Wildman–Crippen LogP) is 2.68. The minimum Gasteiger partial charge on any atom is -0.399 e. The number of nitrogen functional groups attached to an aromatic ring is 1. The Morgan fingerprint density at radius 2 is 1.96 bits per heavy atom. The second kappa shape index (κ2) is 8.16. The number of aryl methyl sites for hydroxylation is 1. The zero-order chi connectivity index (χ0) is 17.6. The van der Waals surface area contributed by atoms with Crippen LogP contribution in [0.2, 0.25) is 0 Å². The summed E-state index contributed by atoms with van der Waals surface area (Å²) in [4.78, 5) is 26.4. The lowest BCUT2D eigenvalue weighted by atomic mass is 10.0. The highest BCUT2D eigenvalue weighted by atomic mass is 32.1. The van der Waals surface area contributed by atoms with Crippen molar-refractivity contribution in [2.24, 2.45) is 0 Å². The summed E-state index contributed by atoms with van der Waals surface area (Å²) in [6.07, 6.45) is 2.74. The third-order valence-electron chi connectivity index (χ3n) is 4.63. The molecule has 2 heterocycles. The van der Waals surface area contributed by atoms with Gasteiger partial charge in [0.25, 0.3) is 5.91 Å². The Bertz CT molecular complexity index is 722. The maximum Gasteiger partial charge on any atom is 0.252 e. The molecule has 1 aromatic heterocycles. The minimum absolute atomic E-state index is 0.0226. The second-order valence-corrected chi connectivity index (χ2v) is 7.12. The van der Waals surface area contributed by atoms with Gasteiger partial charge in [-0.25, -0.2) is 0 Å². The number of nitrogens with two attached hydrogens (primary N) is 1. The van der Waals surface area contributed by atoms with E-state index >= 15 is 0 Å². The Balaban J connectivity index is 1.43. The maximum atomic E-state index is 12.4. The fourth-order valence-electron chi connectivity index (χ4n) is 3.10. The van der Waals surface area contributed by atoms with Crippen molar-refractivity contribution in [2.75, 3.05) is 18.8 Å². The molecule has 5 nitrogen and oxygen atoms in total.